The smallest absolute Gasteiger partial charge is 0.253 e. The largest absolute Gasteiger partial charge is 0.398 e. The summed E-state index contributed by atoms with van der Waals surface area (Å²) < 4.78 is 0. The Hall–Kier alpha value is -2.03. The SMILES string of the molecule is CCC1(CNC(=O)c2cc3ccccc3cc2N)CCC1. The molecule has 1 saturated carbocycles. The van der Waals surface area contributed by atoms with Gasteiger partial charge in [0.05, 0.1) is 5.56 Å². The highest BCUT2D eigenvalue weighted by Crippen LogP contribution is 2.43. The predicted octanol–water partition coefficient (Wildman–Crippen LogP) is 3.73. The van der Waals surface area contributed by atoms with Crippen LogP contribution in [0.2, 0.25) is 0 Å². The first-order valence-corrected chi connectivity index (χ1v) is 7.70. The van der Waals surface area contributed by atoms with Crippen molar-refractivity contribution in [1.29, 1.82) is 0 Å². The minimum atomic E-state index is -0.0574. The van der Waals surface area contributed by atoms with Crippen LogP contribution in [0.15, 0.2) is 36.4 Å². The van der Waals surface area contributed by atoms with Crippen molar-refractivity contribution in [2.24, 2.45) is 5.41 Å². The molecule has 1 amide bonds. The standard InChI is InChI=1S/C18H22N2O/c1-2-18(8-5-9-18)12-20-17(21)15-10-13-6-3-4-7-14(13)11-16(15)19/h3-4,6-7,10-11H,2,5,8-9,12,19H2,1H3,(H,20,21). The number of fused-ring (bicyclic) bond motifs is 1. The second kappa shape index (κ2) is 5.40. The lowest BCUT2D eigenvalue weighted by Gasteiger charge is -2.41. The summed E-state index contributed by atoms with van der Waals surface area (Å²) in [7, 11) is 0. The fourth-order valence-electron chi connectivity index (χ4n) is 3.15. The number of hydrogen-bond donors (Lipinski definition) is 2. The highest BCUT2D eigenvalue weighted by Gasteiger charge is 2.35. The highest BCUT2D eigenvalue weighted by molar-refractivity contribution is 6.03. The number of carbonyl (C=O) groups is 1. The molecule has 21 heavy (non-hydrogen) atoms. The summed E-state index contributed by atoms with van der Waals surface area (Å²) >= 11 is 0. The first kappa shape index (κ1) is 13.9. The van der Waals surface area contributed by atoms with Gasteiger partial charge in [0, 0.05) is 12.2 Å². The van der Waals surface area contributed by atoms with Gasteiger partial charge in [0.1, 0.15) is 0 Å². The Morgan fingerprint density at radius 1 is 1.24 bits per heavy atom. The van der Waals surface area contributed by atoms with Gasteiger partial charge in [0.25, 0.3) is 5.91 Å². The number of hydrogen-bond acceptors (Lipinski definition) is 2. The van der Waals surface area contributed by atoms with Crippen molar-refractivity contribution in [3.05, 3.63) is 42.0 Å². The van der Waals surface area contributed by atoms with Crippen LogP contribution in [0.5, 0.6) is 0 Å². The molecule has 1 aliphatic carbocycles. The lowest BCUT2D eigenvalue weighted by atomic mass is 9.67. The number of nitrogens with one attached hydrogen (secondary N) is 1. The number of benzene rings is 2. The molecule has 3 rings (SSSR count). The van der Waals surface area contributed by atoms with E-state index < -0.39 is 0 Å². The van der Waals surface area contributed by atoms with Crippen molar-refractivity contribution in [1.82, 2.24) is 5.32 Å². The van der Waals surface area contributed by atoms with Gasteiger partial charge < -0.3 is 11.1 Å². The number of anilines is 1. The Balaban J connectivity index is 1.79. The monoisotopic (exact) mass is 282 g/mol. The molecular weight excluding hydrogens is 260 g/mol. The van der Waals surface area contributed by atoms with E-state index in [1.165, 1.54) is 19.3 Å². The Morgan fingerprint density at radius 2 is 1.90 bits per heavy atom. The van der Waals surface area contributed by atoms with Crippen LogP contribution >= 0.6 is 0 Å². The minimum Gasteiger partial charge on any atom is -0.398 e. The van der Waals surface area contributed by atoms with Crippen LogP contribution in [-0.2, 0) is 0 Å². The van der Waals surface area contributed by atoms with Crippen molar-refractivity contribution in [3.63, 3.8) is 0 Å². The normalized spacial score (nSPS) is 16.4. The fraction of sp³-hybridized carbons (Fsp3) is 0.389. The van der Waals surface area contributed by atoms with Crippen LogP contribution in [0, 0.1) is 5.41 Å². The van der Waals surface area contributed by atoms with Crippen LogP contribution in [0.25, 0.3) is 10.8 Å². The lowest BCUT2D eigenvalue weighted by molar-refractivity contribution is 0.0851. The van der Waals surface area contributed by atoms with Gasteiger partial charge in [-0.1, -0.05) is 37.6 Å². The van der Waals surface area contributed by atoms with Crippen LogP contribution < -0.4 is 11.1 Å². The van der Waals surface area contributed by atoms with Crippen LogP contribution in [0.4, 0.5) is 5.69 Å². The molecule has 110 valence electrons. The van der Waals surface area contributed by atoms with E-state index in [4.69, 9.17) is 5.73 Å². The van der Waals surface area contributed by atoms with Crippen molar-refractivity contribution in [2.75, 3.05) is 12.3 Å². The molecule has 2 aromatic carbocycles. The molecule has 0 atom stereocenters. The molecule has 0 radical (unpaired) electrons. The zero-order valence-corrected chi connectivity index (χ0v) is 12.5. The molecule has 0 aromatic heterocycles. The average molecular weight is 282 g/mol. The summed E-state index contributed by atoms with van der Waals surface area (Å²) in [5.41, 5.74) is 7.50. The van der Waals surface area contributed by atoms with E-state index in [0.29, 0.717) is 16.7 Å². The lowest BCUT2D eigenvalue weighted by Crippen LogP contribution is -2.41. The average Bonchev–Trinajstić information content (AvgIpc) is 2.45. The zero-order chi connectivity index (χ0) is 14.9. The number of carbonyl (C=O) groups excluding carboxylic acids is 1. The summed E-state index contributed by atoms with van der Waals surface area (Å²) in [6.07, 6.45) is 4.84. The molecule has 2 aromatic rings. The Labute approximate surface area is 125 Å². The van der Waals surface area contributed by atoms with E-state index in [-0.39, 0.29) is 5.91 Å². The summed E-state index contributed by atoms with van der Waals surface area (Å²) in [6, 6.07) is 11.7. The summed E-state index contributed by atoms with van der Waals surface area (Å²) in [4.78, 5) is 12.4. The second-order valence-electron chi connectivity index (χ2n) is 6.18. The first-order valence-electron chi connectivity index (χ1n) is 7.70. The Kier molecular flexibility index (Phi) is 3.58. The van der Waals surface area contributed by atoms with Gasteiger partial charge in [-0.15, -0.1) is 0 Å². The minimum absolute atomic E-state index is 0.0574. The maximum Gasteiger partial charge on any atom is 0.253 e. The molecule has 1 aliphatic rings. The maximum atomic E-state index is 12.4. The summed E-state index contributed by atoms with van der Waals surface area (Å²) in [6.45, 7) is 2.96. The first-order chi connectivity index (χ1) is 10.1. The third-order valence-corrected chi connectivity index (χ3v) is 4.95. The predicted molar refractivity (Wildman–Crippen MR) is 87.3 cm³/mol. The van der Waals surface area contributed by atoms with Crippen LogP contribution in [0.1, 0.15) is 43.0 Å². The van der Waals surface area contributed by atoms with E-state index >= 15 is 0 Å². The molecule has 3 N–H and O–H groups in total. The van der Waals surface area contributed by atoms with Gasteiger partial charge in [0.15, 0.2) is 0 Å². The zero-order valence-electron chi connectivity index (χ0n) is 12.5. The molecule has 3 heteroatoms. The van der Waals surface area contributed by atoms with Crippen molar-refractivity contribution >= 4 is 22.4 Å². The van der Waals surface area contributed by atoms with Crippen LogP contribution in [-0.4, -0.2) is 12.5 Å². The molecule has 1 fully saturated rings. The molecular formula is C18H22N2O. The second-order valence-corrected chi connectivity index (χ2v) is 6.18. The van der Waals surface area contributed by atoms with Gasteiger partial charge in [-0.3, -0.25) is 4.79 Å². The molecule has 0 aliphatic heterocycles. The summed E-state index contributed by atoms with van der Waals surface area (Å²) in [5.74, 6) is -0.0574. The molecule has 0 saturated heterocycles. The number of nitrogen functional groups attached to an aromatic ring is 1. The number of amides is 1. The maximum absolute atomic E-state index is 12.4. The summed E-state index contributed by atoms with van der Waals surface area (Å²) in [5, 5.41) is 5.19. The van der Waals surface area contributed by atoms with E-state index in [2.05, 4.69) is 12.2 Å². The number of rotatable bonds is 4. The quantitative estimate of drug-likeness (QED) is 0.839. The van der Waals surface area contributed by atoms with Gasteiger partial charge in [-0.2, -0.15) is 0 Å². The molecule has 0 heterocycles. The van der Waals surface area contributed by atoms with E-state index in [1.807, 2.05) is 36.4 Å². The van der Waals surface area contributed by atoms with Crippen molar-refractivity contribution < 1.29 is 4.79 Å². The van der Waals surface area contributed by atoms with Crippen LogP contribution in [0.3, 0.4) is 0 Å². The number of nitrogens with two attached hydrogens (primary N) is 1. The van der Waals surface area contributed by atoms with Gasteiger partial charge in [-0.05, 0) is 47.6 Å². The Morgan fingerprint density at radius 3 is 2.48 bits per heavy atom. The van der Waals surface area contributed by atoms with Crippen molar-refractivity contribution in [2.45, 2.75) is 32.6 Å². The fourth-order valence-corrected chi connectivity index (χ4v) is 3.15. The molecule has 0 bridgehead atoms. The third-order valence-electron chi connectivity index (χ3n) is 4.95. The third kappa shape index (κ3) is 2.60. The molecule has 0 spiro atoms. The van der Waals surface area contributed by atoms with Gasteiger partial charge in [-0.25, -0.2) is 0 Å². The highest BCUT2D eigenvalue weighted by atomic mass is 16.1. The van der Waals surface area contributed by atoms with Gasteiger partial charge in [0.2, 0.25) is 0 Å². The Bertz CT molecular complexity index is 668. The van der Waals surface area contributed by atoms with E-state index in [9.17, 15) is 4.79 Å². The van der Waals surface area contributed by atoms with Gasteiger partial charge >= 0.3 is 0 Å². The topological polar surface area (TPSA) is 55.1 Å². The molecule has 3 nitrogen and oxygen atoms in total. The van der Waals surface area contributed by atoms with E-state index in [1.54, 1.807) is 0 Å². The van der Waals surface area contributed by atoms with Crippen molar-refractivity contribution in [3.8, 4) is 0 Å². The van der Waals surface area contributed by atoms with E-state index in [0.717, 1.165) is 23.7 Å². The molecule has 0 unspecified atom stereocenters.